The molecule has 1 amide bonds. The van der Waals surface area contributed by atoms with Crippen LogP contribution in [0.25, 0.3) is 0 Å². The Hall–Kier alpha value is -2.34. The van der Waals surface area contributed by atoms with Gasteiger partial charge in [0.2, 0.25) is 5.91 Å². The van der Waals surface area contributed by atoms with E-state index in [9.17, 15) is 4.79 Å². The van der Waals surface area contributed by atoms with Crippen LogP contribution in [-0.4, -0.2) is 37.9 Å². The van der Waals surface area contributed by atoms with Gasteiger partial charge in [0, 0.05) is 18.7 Å². The topological polar surface area (TPSA) is 48.0 Å². The molecular formula is C19H21NO4S. The summed E-state index contributed by atoms with van der Waals surface area (Å²) in [6.07, 6.45) is 0. The molecule has 2 aromatic carbocycles. The number of hydrogen-bond acceptors (Lipinski definition) is 5. The van der Waals surface area contributed by atoms with Gasteiger partial charge in [-0.2, -0.15) is 0 Å². The van der Waals surface area contributed by atoms with Crippen molar-refractivity contribution in [2.75, 3.05) is 27.1 Å². The highest BCUT2D eigenvalue weighted by atomic mass is 32.2. The predicted molar refractivity (Wildman–Crippen MR) is 98.3 cm³/mol. The van der Waals surface area contributed by atoms with Crippen molar-refractivity contribution in [3.8, 4) is 17.2 Å². The fourth-order valence-electron chi connectivity index (χ4n) is 2.92. The molecular weight excluding hydrogens is 338 g/mol. The zero-order valence-corrected chi connectivity index (χ0v) is 15.3. The number of rotatable bonds is 6. The quantitative estimate of drug-likeness (QED) is 0.790. The van der Waals surface area contributed by atoms with E-state index in [0.717, 1.165) is 11.1 Å². The van der Waals surface area contributed by atoms with Crippen molar-refractivity contribution in [1.82, 2.24) is 4.90 Å². The fraction of sp³-hybridized carbons (Fsp3) is 0.316. The third-order valence-corrected chi connectivity index (χ3v) is 5.38. The van der Waals surface area contributed by atoms with Crippen LogP contribution in [0, 0.1) is 0 Å². The van der Waals surface area contributed by atoms with Gasteiger partial charge in [-0.25, -0.2) is 0 Å². The standard InChI is InChI=1S/C19H21NO4S/c1-22-14-9-15(23-2)18(16(10-14)24-3)19-20(17(21)12-25-19)11-13-7-5-4-6-8-13/h4-10,19H,11-12H2,1-3H3. The van der Waals surface area contributed by atoms with Gasteiger partial charge >= 0.3 is 0 Å². The van der Waals surface area contributed by atoms with Gasteiger partial charge in [0.25, 0.3) is 0 Å². The van der Waals surface area contributed by atoms with Crippen LogP contribution in [0.3, 0.4) is 0 Å². The minimum absolute atomic E-state index is 0.110. The van der Waals surface area contributed by atoms with Crippen molar-refractivity contribution in [2.24, 2.45) is 0 Å². The number of hydrogen-bond donors (Lipinski definition) is 0. The second-order valence-electron chi connectivity index (χ2n) is 5.62. The number of carbonyl (C=O) groups excluding carboxylic acids is 1. The predicted octanol–water partition coefficient (Wildman–Crippen LogP) is 3.49. The second-order valence-corrected chi connectivity index (χ2v) is 6.68. The van der Waals surface area contributed by atoms with Crippen LogP contribution >= 0.6 is 11.8 Å². The van der Waals surface area contributed by atoms with E-state index in [-0.39, 0.29) is 11.3 Å². The minimum atomic E-state index is -0.163. The summed E-state index contributed by atoms with van der Waals surface area (Å²) in [5, 5.41) is -0.163. The average Bonchev–Trinajstić information content (AvgIpc) is 3.01. The summed E-state index contributed by atoms with van der Waals surface area (Å²) in [4.78, 5) is 14.4. The molecule has 6 heteroatoms. The van der Waals surface area contributed by atoms with E-state index in [2.05, 4.69) is 0 Å². The van der Waals surface area contributed by atoms with Crippen LogP contribution in [0.1, 0.15) is 16.5 Å². The summed E-state index contributed by atoms with van der Waals surface area (Å²) in [5.41, 5.74) is 1.95. The first-order chi connectivity index (χ1) is 12.2. The molecule has 1 atom stereocenters. The SMILES string of the molecule is COc1cc(OC)c(C2SCC(=O)N2Cc2ccccc2)c(OC)c1. The lowest BCUT2D eigenvalue weighted by molar-refractivity contribution is -0.128. The van der Waals surface area contributed by atoms with Gasteiger partial charge in [-0.05, 0) is 5.56 Å². The minimum Gasteiger partial charge on any atom is -0.496 e. The molecule has 3 rings (SSSR count). The van der Waals surface area contributed by atoms with E-state index in [1.807, 2.05) is 47.4 Å². The van der Waals surface area contributed by atoms with Crippen LogP contribution in [0.5, 0.6) is 17.2 Å². The maximum absolute atomic E-state index is 12.5. The third kappa shape index (κ3) is 3.54. The van der Waals surface area contributed by atoms with Gasteiger partial charge in [0.1, 0.15) is 22.6 Å². The molecule has 25 heavy (non-hydrogen) atoms. The van der Waals surface area contributed by atoms with Gasteiger partial charge in [0.15, 0.2) is 0 Å². The summed E-state index contributed by atoms with van der Waals surface area (Å²) < 4.78 is 16.4. The highest BCUT2D eigenvalue weighted by molar-refractivity contribution is 8.00. The second kappa shape index (κ2) is 7.70. The van der Waals surface area contributed by atoms with Crippen LogP contribution in [0.2, 0.25) is 0 Å². The van der Waals surface area contributed by atoms with E-state index in [0.29, 0.717) is 29.5 Å². The van der Waals surface area contributed by atoms with Crippen molar-refractivity contribution in [3.05, 3.63) is 53.6 Å². The molecule has 0 bridgehead atoms. The lowest BCUT2D eigenvalue weighted by atomic mass is 10.1. The van der Waals surface area contributed by atoms with Crippen LogP contribution in [-0.2, 0) is 11.3 Å². The highest BCUT2D eigenvalue weighted by Gasteiger charge is 2.37. The zero-order valence-electron chi connectivity index (χ0n) is 14.5. The van der Waals surface area contributed by atoms with Gasteiger partial charge in [-0.1, -0.05) is 30.3 Å². The molecule has 1 saturated heterocycles. The van der Waals surface area contributed by atoms with Crippen LogP contribution in [0.15, 0.2) is 42.5 Å². The number of thioether (sulfide) groups is 1. The molecule has 0 radical (unpaired) electrons. The molecule has 0 aliphatic carbocycles. The third-order valence-electron chi connectivity index (χ3n) is 4.16. The lowest BCUT2D eigenvalue weighted by Crippen LogP contribution is -2.28. The summed E-state index contributed by atoms with van der Waals surface area (Å²) in [6.45, 7) is 0.551. The Morgan fingerprint density at radius 3 is 2.24 bits per heavy atom. The largest absolute Gasteiger partial charge is 0.496 e. The molecule has 5 nitrogen and oxygen atoms in total. The maximum atomic E-state index is 12.5. The van der Waals surface area contributed by atoms with Crippen molar-refractivity contribution in [3.63, 3.8) is 0 Å². The average molecular weight is 359 g/mol. The Morgan fingerprint density at radius 2 is 1.68 bits per heavy atom. The molecule has 1 aliphatic rings. The zero-order chi connectivity index (χ0) is 17.8. The maximum Gasteiger partial charge on any atom is 0.234 e. The van der Waals surface area contributed by atoms with E-state index in [1.54, 1.807) is 33.1 Å². The lowest BCUT2D eigenvalue weighted by Gasteiger charge is -2.27. The molecule has 1 fully saturated rings. The molecule has 2 aromatic rings. The van der Waals surface area contributed by atoms with Gasteiger partial charge in [-0.15, -0.1) is 11.8 Å². The molecule has 0 N–H and O–H groups in total. The van der Waals surface area contributed by atoms with Crippen molar-refractivity contribution in [1.29, 1.82) is 0 Å². The Kier molecular flexibility index (Phi) is 5.38. The highest BCUT2D eigenvalue weighted by Crippen LogP contribution is 2.48. The fourth-order valence-corrected chi connectivity index (χ4v) is 4.16. The van der Waals surface area contributed by atoms with E-state index in [4.69, 9.17) is 14.2 Å². The molecule has 0 spiro atoms. The van der Waals surface area contributed by atoms with E-state index < -0.39 is 0 Å². The molecule has 132 valence electrons. The molecule has 0 saturated carbocycles. The van der Waals surface area contributed by atoms with Crippen LogP contribution < -0.4 is 14.2 Å². The number of amides is 1. The molecule has 0 aromatic heterocycles. The summed E-state index contributed by atoms with van der Waals surface area (Å²) in [7, 11) is 4.82. The van der Waals surface area contributed by atoms with Gasteiger partial charge in [0.05, 0.1) is 32.6 Å². The van der Waals surface area contributed by atoms with Crippen molar-refractivity contribution in [2.45, 2.75) is 11.9 Å². The Balaban J connectivity index is 2.00. The molecule has 1 aliphatic heterocycles. The summed E-state index contributed by atoms with van der Waals surface area (Å²) in [5.74, 6) is 2.51. The first-order valence-electron chi connectivity index (χ1n) is 7.92. The van der Waals surface area contributed by atoms with Gasteiger partial charge in [-0.3, -0.25) is 4.79 Å². The molecule has 1 unspecified atom stereocenters. The van der Waals surface area contributed by atoms with Gasteiger partial charge < -0.3 is 19.1 Å². The normalized spacial score (nSPS) is 16.8. The van der Waals surface area contributed by atoms with Crippen LogP contribution in [0.4, 0.5) is 0 Å². The first kappa shape index (κ1) is 17.5. The van der Waals surface area contributed by atoms with E-state index in [1.165, 1.54) is 0 Å². The Labute approximate surface area is 151 Å². The number of nitrogens with zero attached hydrogens (tertiary/aromatic N) is 1. The summed E-state index contributed by atoms with van der Waals surface area (Å²) in [6, 6.07) is 13.6. The Bertz CT molecular complexity index is 725. The Morgan fingerprint density at radius 1 is 1.04 bits per heavy atom. The number of ether oxygens (including phenoxy) is 3. The first-order valence-corrected chi connectivity index (χ1v) is 8.97. The number of benzene rings is 2. The number of methoxy groups -OCH3 is 3. The number of carbonyl (C=O) groups is 1. The van der Waals surface area contributed by atoms with E-state index >= 15 is 0 Å². The van der Waals surface area contributed by atoms with Crippen molar-refractivity contribution >= 4 is 17.7 Å². The summed E-state index contributed by atoms with van der Waals surface area (Å²) >= 11 is 1.58. The smallest absolute Gasteiger partial charge is 0.234 e. The van der Waals surface area contributed by atoms with Crippen molar-refractivity contribution < 1.29 is 19.0 Å². The molecule has 1 heterocycles. The monoisotopic (exact) mass is 359 g/mol.